The molecular weight excluding hydrogens is 390 g/mol. The summed E-state index contributed by atoms with van der Waals surface area (Å²) in [4.78, 5) is 13.8. The van der Waals surface area contributed by atoms with E-state index in [0.717, 1.165) is 29.9 Å². The second kappa shape index (κ2) is 9.47. The molecule has 0 aromatic heterocycles. The van der Waals surface area contributed by atoms with Crippen molar-refractivity contribution < 1.29 is 19.0 Å². The Balaban J connectivity index is 1.64. The molecule has 2 aromatic rings. The van der Waals surface area contributed by atoms with Crippen molar-refractivity contribution in [3.05, 3.63) is 42.0 Å². The summed E-state index contributed by atoms with van der Waals surface area (Å²) in [6.07, 6.45) is 1.50. The van der Waals surface area contributed by atoms with Crippen molar-refractivity contribution in [1.29, 1.82) is 0 Å². The average Bonchev–Trinajstić information content (AvgIpc) is 3.17. The minimum atomic E-state index is 0.158. The van der Waals surface area contributed by atoms with E-state index in [1.54, 1.807) is 26.2 Å². The molecule has 0 unspecified atom stereocenters. The van der Waals surface area contributed by atoms with Gasteiger partial charge in [-0.1, -0.05) is 6.07 Å². The third-order valence-corrected chi connectivity index (χ3v) is 4.91. The molecule has 0 radical (unpaired) electrons. The molecule has 3 rings (SSSR count). The van der Waals surface area contributed by atoms with Gasteiger partial charge in [0.15, 0.2) is 16.6 Å². The highest BCUT2D eigenvalue weighted by atomic mass is 32.1. The number of rotatable bonds is 7. The van der Waals surface area contributed by atoms with E-state index in [0.29, 0.717) is 35.3 Å². The Morgan fingerprint density at radius 2 is 1.83 bits per heavy atom. The molecule has 0 atom stereocenters. The van der Waals surface area contributed by atoms with Gasteiger partial charge in [-0.05, 0) is 54.5 Å². The highest BCUT2D eigenvalue weighted by Crippen LogP contribution is 2.38. The number of nitrogens with zero attached hydrogens (tertiary/aromatic N) is 1. The fraction of sp³-hybridized carbons (Fsp3) is 0.333. The van der Waals surface area contributed by atoms with E-state index in [4.69, 9.17) is 26.4 Å². The van der Waals surface area contributed by atoms with Gasteiger partial charge in [-0.2, -0.15) is 0 Å². The fourth-order valence-electron chi connectivity index (χ4n) is 3.27. The summed E-state index contributed by atoms with van der Waals surface area (Å²) in [5, 5.41) is 6.81. The summed E-state index contributed by atoms with van der Waals surface area (Å²) in [6, 6.07) is 11.4. The first-order valence-electron chi connectivity index (χ1n) is 9.30. The van der Waals surface area contributed by atoms with Crippen LogP contribution < -0.4 is 29.7 Å². The van der Waals surface area contributed by atoms with Crippen molar-refractivity contribution in [2.24, 2.45) is 0 Å². The van der Waals surface area contributed by atoms with E-state index in [2.05, 4.69) is 10.6 Å². The molecule has 0 spiro atoms. The largest absolute Gasteiger partial charge is 0.493 e. The van der Waals surface area contributed by atoms with Crippen molar-refractivity contribution in [2.75, 3.05) is 38.1 Å². The van der Waals surface area contributed by atoms with Gasteiger partial charge in [-0.15, -0.1) is 0 Å². The van der Waals surface area contributed by atoms with E-state index in [9.17, 15) is 4.79 Å². The Hall–Kier alpha value is -3.00. The van der Waals surface area contributed by atoms with Crippen LogP contribution in [0.4, 0.5) is 11.4 Å². The van der Waals surface area contributed by atoms with Crippen LogP contribution in [0.25, 0.3) is 0 Å². The number of carbonyl (C=O) groups excluding carboxylic acids is 1. The van der Waals surface area contributed by atoms with E-state index < -0.39 is 0 Å². The van der Waals surface area contributed by atoms with Crippen molar-refractivity contribution in [3.63, 3.8) is 0 Å². The molecule has 0 saturated carbocycles. The fourth-order valence-corrected chi connectivity index (χ4v) is 3.46. The summed E-state index contributed by atoms with van der Waals surface area (Å²) >= 11 is 5.42. The van der Waals surface area contributed by atoms with Gasteiger partial charge in [0.2, 0.25) is 11.7 Å². The first-order chi connectivity index (χ1) is 14.0. The second-order valence-electron chi connectivity index (χ2n) is 6.54. The minimum absolute atomic E-state index is 0.158. The SMILES string of the molecule is COc1cc(CNC(=S)Nc2cccc(N3CCCC3=O)c2)cc(OC)c1OC. The Bertz CT molecular complexity index is 878. The molecule has 8 heteroatoms. The number of carbonyl (C=O) groups is 1. The van der Waals surface area contributed by atoms with Crippen molar-refractivity contribution in [1.82, 2.24) is 5.32 Å². The van der Waals surface area contributed by atoms with Gasteiger partial charge in [0.05, 0.1) is 21.3 Å². The zero-order valence-electron chi connectivity index (χ0n) is 16.8. The van der Waals surface area contributed by atoms with Crippen LogP contribution in [0, 0.1) is 0 Å². The Labute approximate surface area is 175 Å². The molecule has 2 N–H and O–H groups in total. The second-order valence-corrected chi connectivity index (χ2v) is 6.95. The Morgan fingerprint density at radius 3 is 2.41 bits per heavy atom. The molecule has 7 nitrogen and oxygen atoms in total. The first kappa shape index (κ1) is 20.7. The van der Waals surface area contributed by atoms with Crippen molar-refractivity contribution in [3.8, 4) is 17.2 Å². The number of nitrogens with one attached hydrogen (secondary N) is 2. The van der Waals surface area contributed by atoms with Gasteiger partial charge in [-0.3, -0.25) is 4.79 Å². The average molecular weight is 416 g/mol. The van der Waals surface area contributed by atoms with Crippen LogP contribution in [0.1, 0.15) is 18.4 Å². The monoisotopic (exact) mass is 415 g/mol. The zero-order valence-corrected chi connectivity index (χ0v) is 17.6. The predicted octanol–water partition coefficient (Wildman–Crippen LogP) is 3.33. The normalized spacial score (nSPS) is 13.2. The summed E-state index contributed by atoms with van der Waals surface area (Å²) in [5.41, 5.74) is 2.63. The standard InChI is InChI=1S/C21H25N3O4S/c1-26-17-10-14(11-18(27-2)20(17)28-3)13-22-21(29)23-15-6-4-7-16(12-15)24-9-5-8-19(24)25/h4,6-7,10-12H,5,8-9,13H2,1-3H3,(H2,22,23,29). The number of ether oxygens (including phenoxy) is 3. The van der Waals surface area contributed by atoms with Crippen LogP contribution in [0.3, 0.4) is 0 Å². The lowest BCUT2D eigenvalue weighted by molar-refractivity contribution is -0.117. The summed E-state index contributed by atoms with van der Waals surface area (Å²) in [7, 11) is 4.73. The van der Waals surface area contributed by atoms with Gasteiger partial charge < -0.3 is 29.7 Å². The smallest absolute Gasteiger partial charge is 0.227 e. The lowest BCUT2D eigenvalue weighted by atomic mass is 10.2. The molecular formula is C21H25N3O4S. The lowest BCUT2D eigenvalue weighted by Crippen LogP contribution is -2.28. The molecule has 0 bridgehead atoms. The Kier molecular flexibility index (Phi) is 6.77. The number of thiocarbonyl (C=S) groups is 1. The van der Waals surface area contributed by atoms with Crippen LogP contribution >= 0.6 is 12.2 Å². The topological polar surface area (TPSA) is 72.1 Å². The molecule has 1 heterocycles. The minimum Gasteiger partial charge on any atom is -0.493 e. The van der Waals surface area contributed by atoms with E-state index in [1.165, 1.54) is 0 Å². The number of amides is 1. The number of hydrogen-bond donors (Lipinski definition) is 2. The van der Waals surface area contributed by atoms with Crippen molar-refractivity contribution in [2.45, 2.75) is 19.4 Å². The van der Waals surface area contributed by atoms with Gasteiger partial charge in [-0.25, -0.2) is 0 Å². The molecule has 1 aliphatic heterocycles. The zero-order chi connectivity index (χ0) is 20.8. The van der Waals surface area contributed by atoms with Gasteiger partial charge >= 0.3 is 0 Å². The van der Waals surface area contributed by atoms with Gasteiger partial charge in [0, 0.05) is 30.9 Å². The molecule has 2 aromatic carbocycles. The van der Waals surface area contributed by atoms with E-state index in [-0.39, 0.29) is 5.91 Å². The van der Waals surface area contributed by atoms with Crippen LogP contribution in [-0.4, -0.2) is 38.9 Å². The van der Waals surface area contributed by atoms with Crippen LogP contribution in [0.2, 0.25) is 0 Å². The lowest BCUT2D eigenvalue weighted by Gasteiger charge is -2.18. The van der Waals surface area contributed by atoms with Gasteiger partial charge in [0.25, 0.3) is 0 Å². The maximum atomic E-state index is 12.0. The summed E-state index contributed by atoms with van der Waals surface area (Å²) in [5.74, 6) is 1.88. The number of benzene rings is 2. The molecule has 154 valence electrons. The highest BCUT2D eigenvalue weighted by Gasteiger charge is 2.21. The van der Waals surface area contributed by atoms with E-state index in [1.807, 2.05) is 36.4 Å². The summed E-state index contributed by atoms with van der Waals surface area (Å²) < 4.78 is 16.1. The van der Waals surface area contributed by atoms with Crippen molar-refractivity contribution >= 4 is 34.6 Å². The van der Waals surface area contributed by atoms with Crippen LogP contribution in [0.5, 0.6) is 17.2 Å². The first-order valence-corrected chi connectivity index (χ1v) is 9.70. The summed E-state index contributed by atoms with van der Waals surface area (Å²) in [6.45, 7) is 1.24. The molecule has 1 saturated heterocycles. The number of anilines is 2. The quantitative estimate of drug-likeness (QED) is 0.672. The van der Waals surface area contributed by atoms with E-state index >= 15 is 0 Å². The predicted molar refractivity (Wildman–Crippen MR) is 117 cm³/mol. The molecule has 1 fully saturated rings. The third-order valence-electron chi connectivity index (χ3n) is 4.67. The van der Waals surface area contributed by atoms with Crippen LogP contribution in [0.15, 0.2) is 36.4 Å². The Morgan fingerprint density at radius 1 is 1.10 bits per heavy atom. The molecule has 1 aliphatic rings. The molecule has 1 amide bonds. The van der Waals surface area contributed by atoms with Gasteiger partial charge in [0.1, 0.15) is 0 Å². The number of methoxy groups -OCH3 is 3. The molecule has 0 aliphatic carbocycles. The maximum absolute atomic E-state index is 12.0. The third kappa shape index (κ3) is 4.89. The van der Waals surface area contributed by atoms with Crippen LogP contribution in [-0.2, 0) is 11.3 Å². The molecule has 29 heavy (non-hydrogen) atoms. The number of hydrogen-bond acceptors (Lipinski definition) is 5. The maximum Gasteiger partial charge on any atom is 0.227 e. The highest BCUT2D eigenvalue weighted by molar-refractivity contribution is 7.80.